The van der Waals surface area contributed by atoms with Crippen LogP contribution in [0.15, 0.2) is 24.3 Å². The number of hydrogen-bond donors (Lipinski definition) is 3. The van der Waals surface area contributed by atoms with E-state index in [1.807, 2.05) is 13.8 Å². The van der Waals surface area contributed by atoms with Crippen LogP contribution >= 0.6 is 0 Å². The lowest BCUT2D eigenvalue weighted by Gasteiger charge is -2.17. The fourth-order valence-corrected chi connectivity index (χ4v) is 1.81. The Kier molecular flexibility index (Phi) is 7.09. The summed E-state index contributed by atoms with van der Waals surface area (Å²) in [6.45, 7) is 6.94. The summed E-state index contributed by atoms with van der Waals surface area (Å²) in [5.41, 5.74) is 2.44. The van der Waals surface area contributed by atoms with E-state index in [-0.39, 0.29) is 11.9 Å². The number of benzene rings is 1. The second-order valence-electron chi connectivity index (χ2n) is 5.33. The molecule has 0 aliphatic rings. The summed E-state index contributed by atoms with van der Waals surface area (Å²) in [6, 6.07) is 8.05. The molecule has 1 rings (SSSR count). The van der Waals surface area contributed by atoms with Crippen molar-refractivity contribution >= 4 is 6.03 Å². The van der Waals surface area contributed by atoms with Crippen molar-refractivity contribution in [3.63, 3.8) is 0 Å². The first kappa shape index (κ1) is 16.5. The van der Waals surface area contributed by atoms with Crippen molar-refractivity contribution in [2.24, 2.45) is 5.92 Å². The smallest absolute Gasteiger partial charge is 0.314 e. The number of carbonyl (C=O) groups is 1. The average Bonchev–Trinajstić information content (AvgIpc) is 2.46. The van der Waals surface area contributed by atoms with Crippen molar-refractivity contribution in [3.05, 3.63) is 35.4 Å². The summed E-state index contributed by atoms with van der Waals surface area (Å²) in [5.74, 6) is 0.197. The van der Waals surface area contributed by atoms with Gasteiger partial charge in [-0.25, -0.2) is 4.79 Å². The van der Waals surface area contributed by atoms with Crippen LogP contribution in [0, 0.1) is 12.8 Å². The molecule has 0 bridgehead atoms. The van der Waals surface area contributed by atoms with Crippen molar-refractivity contribution in [2.75, 3.05) is 13.1 Å². The van der Waals surface area contributed by atoms with E-state index < -0.39 is 6.10 Å². The highest BCUT2D eigenvalue weighted by Gasteiger charge is 2.12. The van der Waals surface area contributed by atoms with Gasteiger partial charge in [0, 0.05) is 13.1 Å². The Balaban J connectivity index is 2.18. The number of hydrogen-bond acceptors (Lipinski definition) is 2. The van der Waals surface area contributed by atoms with Gasteiger partial charge in [-0.05, 0) is 24.8 Å². The molecule has 0 radical (unpaired) electrons. The maximum absolute atomic E-state index is 11.6. The standard InChI is InChI=1S/C16H26N2O2/c1-4-13(3)15(19)11-18-16(20)17-10-9-14-7-5-12(2)6-8-14/h5-8,13,15,19H,4,9-11H2,1-3H3,(H2,17,18,20). The maximum atomic E-state index is 11.6. The summed E-state index contributed by atoms with van der Waals surface area (Å²) in [4.78, 5) is 11.6. The second kappa shape index (κ2) is 8.59. The fraction of sp³-hybridized carbons (Fsp3) is 0.562. The maximum Gasteiger partial charge on any atom is 0.314 e. The zero-order valence-electron chi connectivity index (χ0n) is 12.6. The third kappa shape index (κ3) is 6.06. The molecule has 4 heteroatoms. The van der Waals surface area contributed by atoms with Crippen LogP contribution in [0.2, 0.25) is 0 Å². The minimum absolute atomic E-state index is 0.197. The minimum atomic E-state index is -0.483. The molecule has 3 N–H and O–H groups in total. The molecule has 1 aromatic carbocycles. The van der Waals surface area contributed by atoms with Crippen molar-refractivity contribution < 1.29 is 9.90 Å². The predicted molar refractivity (Wildman–Crippen MR) is 81.7 cm³/mol. The summed E-state index contributed by atoms with van der Waals surface area (Å²) in [6.07, 6.45) is 1.22. The van der Waals surface area contributed by atoms with Crippen LogP contribution in [0.5, 0.6) is 0 Å². The van der Waals surface area contributed by atoms with Crippen LogP contribution < -0.4 is 10.6 Å². The van der Waals surface area contributed by atoms with Gasteiger partial charge in [-0.3, -0.25) is 0 Å². The highest BCUT2D eigenvalue weighted by atomic mass is 16.3. The topological polar surface area (TPSA) is 61.4 Å². The number of aryl methyl sites for hydroxylation is 1. The number of rotatable bonds is 7. The van der Waals surface area contributed by atoms with Gasteiger partial charge in [0.25, 0.3) is 0 Å². The van der Waals surface area contributed by atoms with Gasteiger partial charge in [-0.2, -0.15) is 0 Å². The van der Waals surface area contributed by atoms with Gasteiger partial charge in [-0.15, -0.1) is 0 Å². The van der Waals surface area contributed by atoms with Gasteiger partial charge in [0.05, 0.1) is 6.10 Å². The van der Waals surface area contributed by atoms with E-state index in [1.165, 1.54) is 11.1 Å². The van der Waals surface area contributed by atoms with Crippen LogP contribution in [0.3, 0.4) is 0 Å². The molecular formula is C16H26N2O2. The SMILES string of the molecule is CCC(C)C(O)CNC(=O)NCCc1ccc(C)cc1. The number of carbonyl (C=O) groups excluding carboxylic acids is 1. The van der Waals surface area contributed by atoms with E-state index in [9.17, 15) is 9.90 Å². The zero-order valence-corrected chi connectivity index (χ0v) is 12.6. The molecule has 112 valence electrons. The summed E-state index contributed by atoms with van der Waals surface area (Å²) in [5, 5.41) is 15.2. The van der Waals surface area contributed by atoms with Gasteiger partial charge in [0.1, 0.15) is 0 Å². The Morgan fingerprint density at radius 1 is 1.25 bits per heavy atom. The molecule has 0 spiro atoms. The van der Waals surface area contributed by atoms with Crippen LogP contribution in [0.25, 0.3) is 0 Å². The largest absolute Gasteiger partial charge is 0.391 e. The molecule has 0 heterocycles. The van der Waals surface area contributed by atoms with Gasteiger partial charge >= 0.3 is 6.03 Å². The monoisotopic (exact) mass is 278 g/mol. The second-order valence-corrected chi connectivity index (χ2v) is 5.33. The number of nitrogens with one attached hydrogen (secondary N) is 2. The third-order valence-electron chi connectivity index (χ3n) is 3.59. The molecular weight excluding hydrogens is 252 g/mol. The normalized spacial score (nSPS) is 13.6. The minimum Gasteiger partial charge on any atom is -0.391 e. The van der Waals surface area contributed by atoms with Gasteiger partial charge in [0.15, 0.2) is 0 Å². The first-order chi connectivity index (χ1) is 9.52. The number of amides is 2. The van der Waals surface area contributed by atoms with E-state index in [0.29, 0.717) is 13.1 Å². The van der Waals surface area contributed by atoms with Gasteiger partial charge in [-0.1, -0.05) is 50.1 Å². The molecule has 0 aliphatic carbocycles. The molecule has 0 saturated carbocycles. The Bertz CT molecular complexity index is 403. The van der Waals surface area contributed by atoms with Crippen LogP contribution in [-0.4, -0.2) is 30.3 Å². The summed E-state index contributed by atoms with van der Waals surface area (Å²) < 4.78 is 0. The van der Waals surface area contributed by atoms with Crippen molar-refractivity contribution in [3.8, 4) is 0 Å². The molecule has 1 aromatic rings. The fourth-order valence-electron chi connectivity index (χ4n) is 1.81. The van der Waals surface area contributed by atoms with Gasteiger partial charge in [0.2, 0.25) is 0 Å². The Labute approximate surface area is 121 Å². The number of aliphatic hydroxyl groups is 1. The molecule has 2 unspecified atom stereocenters. The first-order valence-corrected chi connectivity index (χ1v) is 7.28. The van der Waals surface area contributed by atoms with Crippen molar-refractivity contribution in [2.45, 2.75) is 39.7 Å². The zero-order chi connectivity index (χ0) is 15.0. The highest BCUT2D eigenvalue weighted by molar-refractivity contribution is 5.73. The lowest BCUT2D eigenvalue weighted by Crippen LogP contribution is -2.42. The van der Waals surface area contributed by atoms with Crippen LogP contribution in [0.1, 0.15) is 31.4 Å². The Hall–Kier alpha value is -1.55. The molecule has 2 atom stereocenters. The Morgan fingerprint density at radius 3 is 2.50 bits per heavy atom. The molecule has 0 aliphatic heterocycles. The van der Waals surface area contributed by atoms with Crippen molar-refractivity contribution in [1.82, 2.24) is 10.6 Å². The Morgan fingerprint density at radius 2 is 1.90 bits per heavy atom. The summed E-state index contributed by atoms with van der Waals surface area (Å²) in [7, 11) is 0. The van der Waals surface area contributed by atoms with Crippen LogP contribution in [-0.2, 0) is 6.42 Å². The molecule has 0 saturated heterocycles. The van der Waals surface area contributed by atoms with E-state index in [4.69, 9.17) is 0 Å². The lowest BCUT2D eigenvalue weighted by molar-refractivity contribution is 0.114. The molecule has 2 amide bonds. The molecule has 20 heavy (non-hydrogen) atoms. The quantitative estimate of drug-likeness (QED) is 0.716. The van der Waals surface area contributed by atoms with Crippen molar-refractivity contribution in [1.29, 1.82) is 0 Å². The summed E-state index contributed by atoms with van der Waals surface area (Å²) >= 11 is 0. The van der Waals surface area contributed by atoms with E-state index in [2.05, 4.69) is 41.8 Å². The van der Waals surface area contributed by atoms with E-state index in [1.54, 1.807) is 0 Å². The predicted octanol–water partition coefficient (Wildman–Crippen LogP) is 2.24. The van der Waals surface area contributed by atoms with E-state index >= 15 is 0 Å². The average molecular weight is 278 g/mol. The molecule has 4 nitrogen and oxygen atoms in total. The van der Waals surface area contributed by atoms with E-state index in [0.717, 1.165) is 12.8 Å². The number of aliphatic hydroxyl groups excluding tert-OH is 1. The molecule has 0 fully saturated rings. The van der Waals surface area contributed by atoms with Crippen LogP contribution in [0.4, 0.5) is 4.79 Å². The highest BCUT2D eigenvalue weighted by Crippen LogP contribution is 2.06. The number of urea groups is 1. The first-order valence-electron chi connectivity index (χ1n) is 7.28. The lowest BCUT2D eigenvalue weighted by atomic mass is 10.0. The molecule has 0 aromatic heterocycles. The van der Waals surface area contributed by atoms with Gasteiger partial charge < -0.3 is 15.7 Å². The third-order valence-corrected chi connectivity index (χ3v) is 3.59.